The fraction of sp³-hybridized carbons (Fsp3) is 1.00. The Balaban J connectivity index is 2.72. The lowest BCUT2D eigenvalue weighted by atomic mass is 9.89. The quantitative estimate of drug-likeness (QED) is 0.482. The lowest BCUT2D eigenvalue weighted by Crippen LogP contribution is -2.47. The predicted molar refractivity (Wildman–Crippen MR) is 44.8 cm³/mol. The largest absolute Gasteiger partial charge is 0.351 e. The molecule has 0 saturated heterocycles. The first-order chi connectivity index (χ1) is 5.79. The maximum atomic E-state index is 10.5. The van der Waals surface area contributed by atoms with Crippen molar-refractivity contribution < 1.29 is 9.47 Å². The maximum Gasteiger partial charge on any atom is 0.193 e. The normalized spacial score (nSPS) is 28.3. The van der Waals surface area contributed by atoms with Crippen LogP contribution in [0.4, 0.5) is 0 Å². The Morgan fingerprint density at radius 1 is 1.33 bits per heavy atom. The van der Waals surface area contributed by atoms with Gasteiger partial charge >= 0.3 is 0 Å². The number of nitroso groups, excluding NO2 is 1. The van der Waals surface area contributed by atoms with Gasteiger partial charge in [-0.25, -0.2) is 0 Å². The van der Waals surface area contributed by atoms with Crippen molar-refractivity contribution in [3.63, 3.8) is 0 Å². The third kappa shape index (κ3) is 1.49. The van der Waals surface area contributed by atoms with Gasteiger partial charge in [-0.2, -0.15) is 4.91 Å². The number of methoxy groups -OCH3 is 2. The van der Waals surface area contributed by atoms with Crippen LogP contribution in [0.25, 0.3) is 0 Å². The van der Waals surface area contributed by atoms with Crippen LogP contribution in [0.5, 0.6) is 0 Å². The van der Waals surface area contributed by atoms with Crippen molar-refractivity contribution in [2.24, 2.45) is 5.18 Å². The molecule has 0 spiro atoms. The molecule has 0 heterocycles. The maximum absolute atomic E-state index is 10.5. The smallest absolute Gasteiger partial charge is 0.193 e. The Labute approximate surface area is 72.2 Å². The molecule has 0 aliphatic heterocycles. The van der Waals surface area contributed by atoms with E-state index in [1.165, 1.54) is 0 Å². The Morgan fingerprint density at radius 2 is 2.00 bits per heavy atom. The molecule has 4 nitrogen and oxygen atoms in total. The van der Waals surface area contributed by atoms with Gasteiger partial charge in [0.15, 0.2) is 5.79 Å². The Bertz CT molecular complexity index is 156. The highest BCUT2D eigenvalue weighted by Crippen LogP contribution is 2.33. The molecule has 4 heteroatoms. The van der Waals surface area contributed by atoms with Crippen molar-refractivity contribution in [1.82, 2.24) is 0 Å². The molecule has 1 atom stereocenters. The molecule has 0 aromatic rings. The van der Waals surface area contributed by atoms with Gasteiger partial charge in [0.05, 0.1) is 0 Å². The number of nitrogens with zero attached hydrogens (tertiary/aromatic N) is 1. The van der Waals surface area contributed by atoms with E-state index in [4.69, 9.17) is 9.47 Å². The predicted octanol–water partition coefficient (Wildman–Crippen LogP) is 1.68. The SMILES string of the molecule is COC1(OC)CCCCC1N=O. The third-order valence-corrected chi connectivity index (χ3v) is 2.58. The molecular formula is C8H15NO3. The third-order valence-electron chi connectivity index (χ3n) is 2.58. The van der Waals surface area contributed by atoms with Gasteiger partial charge in [0, 0.05) is 20.6 Å². The van der Waals surface area contributed by atoms with Gasteiger partial charge in [-0.1, -0.05) is 11.6 Å². The first kappa shape index (κ1) is 9.61. The van der Waals surface area contributed by atoms with Gasteiger partial charge in [-0.3, -0.25) is 0 Å². The highest BCUT2D eigenvalue weighted by molar-refractivity contribution is 4.88. The van der Waals surface area contributed by atoms with Crippen LogP contribution < -0.4 is 0 Å². The van der Waals surface area contributed by atoms with Crippen molar-refractivity contribution in [3.8, 4) is 0 Å². The van der Waals surface area contributed by atoms with Crippen LogP contribution in [0, 0.1) is 4.91 Å². The Morgan fingerprint density at radius 3 is 2.42 bits per heavy atom. The van der Waals surface area contributed by atoms with E-state index in [2.05, 4.69) is 5.18 Å². The molecule has 1 unspecified atom stereocenters. The topological polar surface area (TPSA) is 47.9 Å². The summed E-state index contributed by atoms with van der Waals surface area (Å²) in [6.45, 7) is 0. The second-order valence-electron chi connectivity index (χ2n) is 3.09. The molecule has 0 N–H and O–H groups in total. The summed E-state index contributed by atoms with van der Waals surface area (Å²) in [5.74, 6) is -0.750. The molecule has 0 amide bonds. The van der Waals surface area contributed by atoms with Gasteiger partial charge in [0.2, 0.25) is 0 Å². The Hall–Kier alpha value is -0.480. The van der Waals surface area contributed by atoms with Crippen molar-refractivity contribution >= 4 is 0 Å². The molecule has 1 aliphatic rings. The molecule has 12 heavy (non-hydrogen) atoms. The van der Waals surface area contributed by atoms with E-state index in [1.54, 1.807) is 14.2 Å². The molecule has 1 aliphatic carbocycles. The van der Waals surface area contributed by atoms with Gasteiger partial charge in [0.25, 0.3) is 0 Å². The standard InChI is InChI=1S/C8H15NO3/c1-11-8(12-2)6-4-3-5-7(8)9-10/h7H,3-6H2,1-2H3. The van der Waals surface area contributed by atoms with Crippen molar-refractivity contribution in [2.45, 2.75) is 37.5 Å². The lowest BCUT2D eigenvalue weighted by Gasteiger charge is -2.37. The van der Waals surface area contributed by atoms with E-state index < -0.39 is 5.79 Å². The molecule has 0 aromatic heterocycles. The van der Waals surface area contributed by atoms with Crippen LogP contribution in [0.15, 0.2) is 5.18 Å². The highest BCUT2D eigenvalue weighted by atomic mass is 16.7. The summed E-state index contributed by atoms with van der Waals surface area (Å²) in [6, 6.07) is -0.346. The molecule has 1 saturated carbocycles. The molecule has 1 rings (SSSR count). The van der Waals surface area contributed by atoms with E-state index in [0.717, 1.165) is 25.7 Å². The van der Waals surface area contributed by atoms with E-state index in [1.807, 2.05) is 0 Å². The monoisotopic (exact) mass is 173 g/mol. The minimum absolute atomic E-state index is 0.346. The summed E-state index contributed by atoms with van der Waals surface area (Å²) in [7, 11) is 3.12. The van der Waals surface area contributed by atoms with Crippen LogP contribution in [0.2, 0.25) is 0 Å². The minimum atomic E-state index is -0.750. The number of hydrogen-bond acceptors (Lipinski definition) is 4. The zero-order valence-electron chi connectivity index (χ0n) is 7.58. The highest BCUT2D eigenvalue weighted by Gasteiger charge is 2.42. The molecule has 0 radical (unpaired) electrons. The molecule has 70 valence electrons. The second kappa shape index (κ2) is 3.96. The number of hydrogen-bond donors (Lipinski definition) is 0. The summed E-state index contributed by atoms with van der Waals surface area (Å²) >= 11 is 0. The second-order valence-corrected chi connectivity index (χ2v) is 3.09. The zero-order chi connectivity index (χ0) is 9.03. The van der Waals surface area contributed by atoms with Crippen LogP contribution >= 0.6 is 0 Å². The summed E-state index contributed by atoms with van der Waals surface area (Å²) in [4.78, 5) is 10.5. The van der Waals surface area contributed by atoms with E-state index in [9.17, 15) is 4.91 Å². The van der Waals surface area contributed by atoms with Crippen molar-refractivity contribution in [1.29, 1.82) is 0 Å². The molecular weight excluding hydrogens is 158 g/mol. The van der Waals surface area contributed by atoms with Gasteiger partial charge in [-0.15, -0.1) is 0 Å². The minimum Gasteiger partial charge on any atom is -0.351 e. The average molecular weight is 173 g/mol. The fourth-order valence-corrected chi connectivity index (χ4v) is 1.79. The Kier molecular flexibility index (Phi) is 3.17. The van der Waals surface area contributed by atoms with Crippen LogP contribution in [0.3, 0.4) is 0 Å². The van der Waals surface area contributed by atoms with Crippen LogP contribution in [0.1, 0.15) is 25.7 Å². The lowest BCUT2D eigenvalue weighted by molar-refractivity contribution is -0.232. The number of rotatable bonds is 3. The van der Waals surface area contributed by atoms with Crippen LogP contribution in [-0.2, 0) is 9.47 Å². The summed E-state index contributed by atoms with van der Waals surface area (Å²) in [6.07, 6.45) is 3.60. The molecule has 0 bridgehead atoms. The first-order valence-corrected chi connectivity index (χ1v) is 4.22. The van der Waals surface area contributed by atoms with Gasteiger partial charge in [-0.05, 0) is 12.8 Å². The van der Waals surface area contributed by atoms with Crippen molar-refractivity contribution in [3.05, 3.63) is 4.91 Å². The van der Waals surface area contributed by atoms with Gasteiger partial charge < -0.3 is 9.47 Å². The number of ether oxygens (including phenoxy) is 2. The van der Waals surface area contributed by atoms with E-state index in [0.29, 0.717) is 0 Å². The summed E-state index contributed by atoms with van der Waals surface area (Å²) < 4.78 is 10.4. The zero-order valence-corrected chi connectivity index (χ0v) is 7.58. The van der Waals surface area contributed by atoms with Gasteiger partial charge in [0.1, 0.15) is 6.04 Å². The van der Waals surface area contributed by atoms with E-state index >= 15 is 0 Å². The first-order valence-electron chi connectivity index (χ1n) is 4.22. The average Bonchev–Trinajstić information content (AvgIpc) is 2.17. The van der Waals surface area contributed by atoms with Crippen molar-refractivity contribution in [2.75, 3.05) is 14.2 Å². The molecule has 1 fully saturated rings. The van der Waals surface area contributed by atoms with E-state index in [-0.39, 0.29) is 6.04 Å². The summed E-state index contributed by atoms with van der Waals surface area (Å²) in [5.41, 5.74) is 0. The summed E-state index contributed by atoms with van der Waals surface area (Å²) in [5, 5.41) is 3.04. The van der Waals surface area contributed by atoms with Crippen LogP contribution in [-0.4, -0.2) is 26.0 Å². The molecule has 0 aromatic carbocycles. The fourth-order valence-electron chi connectivity index (χ4n) is 1.79.